The summed E-state index contributed by atoms with van der Waals surface area (Å²) < 4.78 is 8.30. The number of hydrogen-bond acceptors (Lipinski definition) is 5. The average molecular weight is 495 g/mol. The summed E-state index contributed by atoms with van der Waals surface area (Å²) in [5, 5.41) is 0. The number of esters is 1. The van der Waals surface area contributed by atoms with Crippen LogP contribution in [0, 0.1) is 0 Å². The minimum atomic E-state index is -0.469. The van der Waals surface area contributed by atoms with E-state index in [0.717, 1.165) is 12.8 Å². The summed E-state index contributed by atoms with van der Waals surface area (Å²) >= 11 is 3.78. The molecule has 0 aromatic carbocycles. The van der Waals surface area contributed by atoms with Crippen molar-refractivity contribution >= 4 is 38.5 Å². The summed E-state index contributed by atoms with van der Waals surface area (Å²) in [5.41, 5.74) is 0. The van der Waals surface area contributed by atoms with Gasteiger partial charge in [-0.2, -0.15) is 0 Å². The van der Waals surface area contributed by atoms with Crippen molar-refractivity contribution in [2.45, 2.75) is 123 Å². The molecule has 0 rings (SSSR count). The topological polar surface area (TPSA) is 55.4 Å². The molecule has 4 nitrogen and oxygen atoms in total. The molecule has 0 aliphatic heterocycles. The van der Waals surface area contributed by atoms with Crippen molar-refractivity contribution in [1.29, 1.82) is 0 Å². The number of rotatable bonds is 22. The summed E-state index contributed by atoms with van der Waals surface area (Å²) in [6, 6.07) is -0.469. The Bertz CT molecular complexity index is 396. The average Bonchev–Trinajstić information content (AvgIpc) is 2.70. The van der Waals surface area contributed by atoms with Gasteiger partial charge in [0.1, 0.15) is 0 Å². The van der Waals surface area contributed by atoms with E-state index in [9.17, 15) is 9.59 Å². The van der Waals surface area contributed by atoms with E-state index in [1.807, 2.05) is 0 Å². The van der Waals surface area contributed by atoms with Gasteiger partial charge in [-0.05, 0) is 0 Å². The minimum absolute atomic E-state index is 0.0647. The molecule has 1 atom stereocenters. The van der Waals surface area contributed by atoms with Crippen LogP contribution in [0.2, 0.25) is 0 Å². The molecule has 0 saturated heterocycles. The van der Waals surface area contributed by atoms with Crippen LogP contribution in [-0.2, 0) is 14.3 Å². The first-order valence-electron chi connectivity index (χ1n) is 11.8. The first-order valence-corrected chi connectivity index (χ1v) is 14.2. The molecule has 29 heavy (non-hydrogen) atoms. The summed E-state index contributed by atoms with van der Waals surface area (Å²) in [7, 11) is 0. The van der Waals surface area contributed by atoms with Gasteiger partial charge in [-0.25, -0.2) is 0 Å². The number of unbranched alkanes of at least 4 members (excludes halogenated alkanes) is 15. The number of nitrogens with one attached hydrogen (secondary N) is 1. The van der Waals surface area contributed by atoms with Crippen molar-refractivity contribution in [3.63, 3.8) is 0 Å². The number of ether oxygens (including phenoxy) is 1. The molecular weight excluding hydrogens is 449 g/mol. The van der Waals surface area contributed by atoms with Crippen LogP contribution in [0.3, 0.4) is 0 Å². The Balaban J connectivity index is 3.30. The van der Waals surface area contributed by atoms with Gasteiger partial charge >= 0.3 is 127 Å². The zero-order valence-corrected chi connectivity index (χ0v) is 21.5. The molecule has 0 bridgehead atoms. The molecule has 0 fully saturated rings. The zero-order valence-electron chi connectivity index (χ0n) is 18.9. The Labute approximate surface area is 191 Å². The van der Waals surface area contributed by atoms with Crippen LogP contribution in [0.4, 0.5) is 0 Å². The molecule has 0 unspecified atom stereocenters. The van der Waals surface area contributed by atoms with Crippen LogP contribution >= 0.6 is 12.6 Å². The number of carbonyl (C=O) groups is 2. The maximum absolute atomic E-state index is 11.9. The molecule has 0 aliphatic carbocycles. The van der Waals surface area contributed by atoms with E-state index in [1.54, 1.807) is 0 Å². The second kappa shape index (κ2) is 22.7. The van der Waals surface area contributed by atoms with Crippen molar-refractivity contribution in [2.75, 3.05) is 12.4 Å². The van der Waals surface area contributed by atoms with Gasteiger partial charge in [0.15, 0.2) is 0 Å². The molecule has 0 amide bonds. The summed E-state index contributed by atoms with van der Waals surface area (Å²) in [4.78, 5) is 22.9. The van der Waals surface area contributed by atoms with Crippen molar-refractivity contribution in [1.82, 2.24) is 4.33 Å². The van der Waals surface area contributed by atoms with E-state index in [2.05, 4.69) is 23.9 Å². The third kappa shape index (κ3) is 21.0. The van der Waals surface area contributed by atoms with E-state index in [4.69, 9.17) is 4.74 Å². The molecule has 0 saturated carbocycles. The Morgan fingerprint density at radius 2 is 1.21 bits per heavy atom. The van der Waals surface area contributed by atoms with E-state index in [-0.39, 0.29) is 25.8 Å². The van der Waals surface area contributed by atoms with Gasteiger partial charge in [0.2, 0.25) is 0 Å². The van der Waals surface area contributed by atoms with Gasteiger partial charge < -0.3 is 0 Å². The van der Waals surface area contributed by atoms with Gasteiger partial charge in [-0.1, -0.05) is 64.7 Å². The zero-order chi connectivity index (χ0) is 21.6. The molecular formula is C23H45NO3SSe. The van der Waals surface area contributed by atoms with Crippen LogP contribution in [-0.4, -0.2) is 44.2 Å². The fraction of sp³-hybridized carbons (Fsp3) is 0.913. The third-order valence-corrected chi connectivity index (χ3v) is 6.87. The van der Waals surface area contributed by atoms with Crippen LogP contribution in [0.1, 0.15) is 117 Å². The standard InChI is InChI=1S/C23H45NO3SSe/c1-3-4-5-6-7-8-9-10-11-12-13-14-15-16-17-18-19-27-23(26)22(20-28)24-29-21(2)25/h22,24,28H,3-20H2,1-2H3/t22-/m0/s1. The van der Waals surface area contributed by atoms with Crippen molar-refractivity contribution in [3.05, 3.63) is 0 Å². The molecule has 172 valence electrons. The fourth-order valence-corrected chi connectivity index (χ4v) is 4.78. The first-order chi connectivity index (χ1) is 14.1. The van der Waals surface area contributed by atoms with Crippen LogP contribution in [0.15, 0.2) is 0 Å². The van der Waals surface area contributed by atoms with E-state index < -0.39 is 6.04 Å². The quantitative estimate of drug-likeness (QED) is 0.0859. The van der Waals surface area contributed by atoms with Crippen molar-refractivity contribution in [3.8, 4) is 0 Å². The molecule has 1 N–H and O–H groups in total. The number of thiol groups is 1. The summed E-state index contributed by atoms with van der Waals surface area (Å²) in [6.07, 6.45) is 21.3. The van der Waals surface area contributed by atoms with Crippen LogP contribution in [0.25, 0.3) is 0 Å². The van der Waals surface area contributed by atoms with Crippen LogP contribution < -0.4 is 4.33 Å². The van der Waals surface area contributed by atoms with E-state index >= 15 is 0 Å². The maximum atomic E-state index is 11.9. The normalized spacial score (nSPS) is 12.1. The Morgan fingerprint density at radius 3 is 1.59 bits per heavy atom. The van der Waals surface area contributed by atoms with Gasteiger partial charge in [-0.3, -0.25) is 0 Å². The molecule has 6 heteroatoms. The van der Waals surface area contributed by atoms with Gasteiger partial charge in [0.05, 0.1) is 0 Å². The molecule has 0 spiro atoms. The molecule has 0 aromatic heterocycles. The third-order valence-electron chi connectivity index (χ3n) is 5.05. The molecule has 0 aliphatic rings. The monoisotopic (exact) mass is 495 g/mol. The summed E-state index contributed by atoms with van der Waals surface area (Å²) in [6.45, 7) is 4.26. The fourth-order valence-electron chi connectivity index (χ4n) is 3.24. The Kier molecular flexibility index (Phi) is 22.6. The van der Waals surface area contributed by atoms with E-state index in [1.165, 1.54) is 96.8 Å². The first kappa shape index (κ1) is 29.0. The molecule has 0 heterocycles. The number of hydrogen-bond donors (Lipinski definition) is 2. The summed E-state index contributed by atoms with van der Waals surface area (Å²) in [5.74, 6) is 0.0661. The second-order valence-electron chi connectivity index (χ2n) is 7.92. The van der Waals surface area contributed by atoms with Crippen molar-refractivity contribution < 1.29 is 14.3 Å². The van der Waals surface area contributed by atoms with Gasteiger partial charge in [0, 0.05) is 0 Å². The molecule has 0 aromatic rings. The van der Waals surface area contributed by atoms with Crippen LogP contribution in [0.5, 0.6) is 0 Å². The SMILES string of the molecule is CCCCCCCCCCCCCCCCCCOC(=O)[C@H](CS)N[Se]C(C)=O. The second-order valence-corrected chi connectivity index (χ2v) is 10.4. The van der Waals surface area contributed by atoms with Crippen molar-refractivity contribution in [2.24, 2.45) is 0 Å². The Morgan fingerprint density at radius 1 is 0.793 bits per heavy atom. The number of carbonyl (C=O) groups excluding carboxylic acids is 2. The molecule has 0 radical (unpaired) electrons. The van der Waals surface area contributed by atoms with Gasteiger partial charge in [0.25, 0.3) is 0 Å². The van der Waals surface area contributed by atoms with E-state index in [0.29, 0.717) is 12.4 Å². The predicted octanol–water partition coefficient (Wildman–Crippen LogP) is 5.84. The Hall–Kier alpha value is -0.0305. The predicted molar refractivity (Wildman–Crippen MR) is 128 cm³/mol. The van der Waals surface area contributed by atoms with Gasteiger partial charge in [-0.15, -0.1) is 0 Å².